The van der Waals surface area contributed by atoms with Crippen LogP contribution in [-0.2, 0) is 70.4 Å². The summed E-state index contributed by atoms with van der Waals surface area (Å²) >= 11 is 0. The molecule has 2 saturated heterocycles. The number of nitrogens with zero attached hydrogens (tertiary/aromatic N) is 4. The minimum Gasteiger partial charge on any atom is -0.511 e. The molecule has 0 aromatic heterocycles. The first kappa shape index (κ1) is 86.8. The number of aliphatic hydroxyl groups excluding tert-OH is 2. The highest BCUT2D eigenvalue weighted by molar-refractivity contribution is 6.23. The maximum atomic E-state index is 15.3. The van der Waals surface area contributed by atoms with Gasteiger partial charge in [0.05, 0.1) is 17.2 Å². The van der Waals surface area contributed by atoms with Crippen LogP contribution < -0.4 is 43.0 Å². The number of hydrogen-bond donors (Lipinski definition) is 11. The second kappa shape index (κ2) is 39.6. The molecule has 0 bridgehead atoms. The summed E-state index contributed by atoms with van der Waals surface area (Å²) in [5.74, 6) is -9.61. The van der Waals surface area contributed by atoms with Gasteiger partial charge in [0.25, 0.3) is 0 Å². The van der Waals surface area contributed by atoms with Gasteiger partial charge in [0.1, 0.15) is 65.9 Å². The highest BCUT2D eigenvalue weighted by Crippen LogP contribution is 2.38. The summed E-state index contributed by atoms with van der Waals surface area (Å²) in [6.07, 6.45) is 2.83. The third-order valence-electron chi connectivity index (χ3n) is 20.0. The van der Waals surface area contributed by atoms with Crippen molar-refractivity contribution < 1.29 is 72.9 Å². The molecule has 27 nitrogen and oxygen atoms in total. The van der Waals surface area contributed by atoms with Crippen LogP contribution in [0, 0.1) is 34.5 Å². The predicted molar refractivity (Wildman–Crippen MR) is 407 cm³/mol. The number of carboxylic acid groups (broad SMARTS) is 1. The van der Waals surface area contributed by atoms with Gasteiger partial charge >= 0.3 is 5.97 Å². The van der Waals surface area contributed by atoms with E-state index in [1.165, 1.54) is 9.80 Å². The molecule has 4 aliphatic rings. The number of ketones is 2. The molecule has 10 atom stereocenters. The van der Waals surface area contributed by atoms with Gasteiger partial charge in [0.15, 0.2) is 11.6 Å². The van der Waals surface area contributed by atoms with Crippen LogP contribution in [0.1, 0.15) is 198 Å². The maximum Gasteiger partial charge on any atom is 0.326 e. The number of benzene rings is 2. The zero-order valence-corrected chi connectivity index (χ0v) is 65.1. The third-order valence-corrected chi connectivity index (χ3v) is 20.0. The number of aliphatic hydroxyl groups is 2. The van der Waals surface area contributed by atoms with Crippen molar-refractivity contribution in [3.8, 4) is 0 Å². The fourth-order valence-electron chi connectivity index (χ4n) is 14.5. The highest BCUT2D eigenvalue weighted by Gasteiger charge is 2.44. The first-order valence-electron chi connectivity index (χ1n) is 38.0. The van der Waals surface area contributed by atoms with Gasteiger partial charge in [-0.2, -0.15) is 0 Å². The number of allylic oxidation sites excluding steroid dienone is 4. The number of Topliss-reactive ketones (excluding diaryl/α,β-unsaturated/α-hetero) is 2. The second-order valence-electron chi connectivity index (χ2n) is 32.5. The smallest absolute Gasteiger partial charge is 0.326 e. The quantitative estimate of drug-likeness (QED) is 0.0252. The van der Waals surface area contributed by atoms with Gasteiger partial charge in [0, 0.05) is 69.7 Å². The Kier molecular flexibility index (Phi) is 32.1. The number of aliphatic imine (C=N–C) groups is 2. The lowest BCUT2D eigenvalue weighted by atomic mass is 9.76. The van der Waals surface area contributed by atoms with Crippen LogP contribution in [0.4, 0.5) is 0 Å². The number of rotatable bonds is 37. The van der Waals surface area contributed by atoms with E-state index in [1.807, 2.05) is 71.9 Å². The lowest BCUT2D eigenvalue weighted by Gasteiger charge is -2.32. The van der Waals surface area contributed by atoms with E-state index in [4.69, 9.17) is 5.73 Å². The summed E-state index contributed by atoms with van der Waals surface area (Å²) in [6, 6.07) is 5.91. The zero-order valence-electron chi connectivity index (χ0n) is 65.1. The molecular formula is C80H118N12O15. The minimum absolute atomic E-state index is 0.0417. The van der Waals surface area contributed by atoms with Crippen molar-refractivity contribution in [1.29, 1.82) is 0 Å². The van der Waals surface area contributed by atoms with Crippen molar-refractivity contribution in [3.63, 3.8) is 0 Å². The number of carbonyl (C=O) groups is 12. The molecule has 2 aromatic rings. The van der Waals surface area contributed by atoms with Crippen molar-refractivity contribution >= 4 is 82.1 Å². The normalized spacial score (nSPS) is 19.9. The predicted octanol–water partition coefficient (Wildman–Crippen LogP) is 6.55. The Labute approximate surface area is 630 Å². The molecule has 2 fully saturated rings. The largest absolute Gasteiger partial charge is 0.511 e. The molecule has 9 amide bonds. The van der Waals surface area contributed by atoms with Gasteiger partial charge in [0.2, 0.25) is 53.2 Å². The van der Waals surface area contributed by atoms with E-state index in [2.05, 4.69) is 47.2 Å². The van der Waals surface area contributed by atoms with E-state index in [9.17, 15) is 58.5 Å². The number of hydrogen-bond acceptors (Lipinski definition) is 17. The molecule has 0 unspecified atom stereocenters. The topological polar surface area (TPSA) is 407 Å². The molecule has 6 rings (SSSR count). The van der Waals surface area contributed by atoms with Crippen LogP contribution >= 0.6 is 0 Å². The molecule has 2 aliphatic heterocycles. The van der Waals surface area contributed by atoms with Crippen LogP contribution in [0.3, 0.4) is 0 Å². The Balaban J connectivity index is 1.23. The average molecular weight is 1490 g/mol. The number of nitrogens with two attached hydrogens (primary N) is 1. The molecule has 2 heterocycles. The molecule has 2 aromatic carbocycles. The molecule has 107 heavy (non-hydrogen) atoms. The Hall–Kier alpha value is -9.14. The Morgan fingerprint density at radius 2 is 0.860 bits per heavy atom. The first-order valence-corrected chi connectivity index (χ1v) is 38.0. The Morgan fingerprint density at radius 1 is 0.495 bits per heavy atom. The zero-order chi connectivity index (χ0) is 79.4. The van der Waals surface area contributed by atoms with Gasteiger partial charge in [-0.05, 0) is 130 Å². The molecule has 0 spiro atoms. The number of aliphatic carboxylic acids is 1. The fourth-order valence-corrected chi connectivity index (χ4v) is 14.5. The number of nitrogens with one attached hydrogen (secondary N) is 7. The van der Waals surface area contributed by atoms with E-state index in [-0.39, 0.29) is 156 Å². The van der Waals surface area contributed by atoms with Gasteiger partial charge in [-0.25, -0.2) is 4.79 Å². The van der Waals surface area contributed by atoms with Gasteiger partial charge in [-0.15, -0.1) is 0 Å². The summed E-state index contributed by atoms with van der Waals surface area (Å²) in [6.45, 7) is 25.3. The van der Waals surface area contributed by atoms with Crippen molar-refractivity contribution in [2.75, 3.05) is 26.2 Å². The number of carbonyl (C=O) groups excluding carboxylic acids is 11. The standard InChI is InChI=1S/C80H118N12O15/c1-45(2)37-56(86-69(97)54(29-21-33-82-49(9)65-61(93)41-79(11,12)42-62(65)94)84-74(102)67(47(5)6)89-72(100)59-31-23-35-91(59)76(104)53(81)39-51-25-17-15-18-26-51)71(99)87-57(40-52-27-19-16-20-28-52)77(105)92-36-24-32-60(92)73(101)90-68(48(7)8)75(103)85-55(70(98)88-58(78(106)107)38-46(3)4)30-22-34-83-50(10)66-63(95)43-80(13,14)44-64(66)96/h15-20,25-28,45-48,53-60,67-68,93,95H,21-24,29-44,81H2,1-14H3,(H,84,102)(H,85,103)(H,86,97)(H,87,99)(H,88,98)(H,89,100)(H,90,101)(H,106,107)/t53-,54+,55+,56+,57-,58+,59+,60+,67+,68+/m1/s1. The molecule has 27 heteroatoms. The summed E-state index contributed by atoms with van der Waals surface area (Å²) in [5, 5.41) is 51.5. The van der Waals surface area contributed by atoms with Crippen LogP contribution in [0.15, 0.2) is 93.3 Å². The van der Waals surface area contributed by atoms with Gasteiger partial charge < -0.3 is 68.1 Å². The maximum absolute atomic E-state index is 15.3. The number of likely N-dealkylation sites (tertiary alicyclic amines) is 2. The van der Waals surface area contributed by atoms with Crippen LogP contribution in [-0.4, -0.2) is 194 Å². The van der Waals surface area contributed by atoms with Crippen LogP contribution in [0.25, 0.3) is 0 Å². The molecule has 588 valence electrons. The van der Waals surface area contributed by atoms with E-state index in [0.29, 0.717) is 36.2 Å². The van der Waals surface area contributed by atoms with Crippen molar-refractivity contribution in [3.05, 3.63) is 94.5 Å². The third kappa shape index (κ3) is 25.5. The summed E-state index contributed by atoms with van der Waals surface area (Å²) in [4.78, 5) is 182. The van der Waals surface area contributed by atoms with Gasteiger partial charge in [-0.1, -0.05) is 144 Å². The SMILES string of the molecule is CC(=NCCC[C@H](NC(=O)[C@@H](NC(=O)[C@@H]1CCCN1C(=O)[C@H](N)Cc1ccccc1)C(C)C)C(=O)N[C@@H](CC(C)C)C(=O)N[C@H](Cc1ccccc1)C(=O)N1CCC[C@H]1C(=O)N[C@H](C(=O)N[C@@H](CCCN=C(C)C1=C(O)CC(C)(C)CC1=O)C(=O)N[C@@H](CC(C)C)C(=O)O)C(C)C)C1=C(O)CC(C)(C)CC1=O. The summed E-state index contributed by atoms with van der Waals surface area (Å²) < 4.78 is 0. The Bertz CT molecular complexity index is 3660. The molecule has 2 aliphatic carbocycles. The van der Waals surface area contributed by atoms with Gasteiger partial charge in [-0.3, -0.25) is 62.7 Å². The van der Waals surface area contributed by atoms with Crippen molar-refractivity contribution in [2.45, 2.75) is 260 Å². The molecular weight excluding hydrogens is 1370 g/mol. The van der Waals surface area contributed by atoms with E-state index in [0.717, 1.165) is 5.56 Å². The molecule has 12 N–H and O–H groups in total. The van der Waals surface area contributed by atoms with Crippen molar-refractivity contribution in [2.24, 2.45) is 50.2 Å². The van der Waals surface area contributed by atoms with E-state index >= 15 is 14.4 Å². The lowest BCUT2D eigenvalue weighted by molar-refractivity contribution is -0.143. The highest BCUT2D eigenvalue weighted by atomic mass is 16.4. The summed E-state index contributed by atoms with van der Waals surface area (Å²) in [7, 11) is 0. The number of carboxylic acids is 1. The molecule has 0 radical (unpaired) electrons. The average Bonchev–Trinajstić information content (AvgIpc) is 1.72. The van der Waals surface area contributed by atoms with Crippen LogP contribution in [0.5, 0.6) is 0 Å². The van der Waals surface area contributed by atoms with E-state index in [1.54, 1.807) is 85.7 Å². The monoisotopic (exact) mass is 1490 g/mol. The first-order chi connectivity index (χ1) is 50.3. The molecule has 0 saturated carbocycles. The minimum atomic E-state index is -1.37. The lowest BCUT2D eigenvalue weighted by Crippen LogP contribution is -2.61. The van der Waals surface area contributed by atoms with Crippen LogP contribution in [0.2, 0.25) is 0 Å². The number of amides is 9. The fraction of sp³-hybridized carbons (Fsp3) is 0.625. The summed E-state index contributed by atoms with van der Waals surface area (Å²) in [5.41, 5.74) is 7.93. The second-order valence-corrected chi connectivity index (χ2v) is 32.5. The van der Waals surface area contributed by atoms with Crippen molar-refractivity contribution in [1.82, 2.24) is 47.0 Å². The van der Waals surface area contributed by atoms with E-state index < -0.39 is 142 Å². The Morgan fingerprint density at radius 3 is 1.25 bits per heavy atom.